The summed E-state index contributed by atoms with van der Waals surface area (Å²) in [4.78, 5) is 44.7. The average molecular weight is 577 g/mol. The molecular weight excluding hydrogens is 540 g/mol. The van der Waals surface area contributed by atoms with E-state index < -0.39 is 5.60 Å². The maximum absolute atomic E-state index is 13.2. The summed E-state index contributed by atoms with van der Waals surface area (Å²) in [6.45, 7) is 4.64. The van der Waals surface area contributed by atoms with Gasteiger partial charge >= 0.3 is 6.09 Å². The molecule has 0 aliphatic carbocycles. The van der Waals surface area contributed by atoms with Crippen LogP contribution >= 0.6 is 0 Å². The van der Waals surface area contributed by atoms with Crippen molar-refractivity contribution in [2.75, 3.05) is 32.7 Å². The summed E-state index contributed by atoms with van der Waals surface area (Å²) in [5, 5.41) is 9.01. The second-order valence-electron chi connectivity index (χ2n) is 12.0. The molecule has 8 nitrogen and oxygen atoms in total. The van der Waals surface area contributed by atoms with Crippen molar-refractivity contribution in [2.24, 2.45) is 5.92 Å². The van der Waals surface area contributed by atoms with Gasteiger partial charge in [-0.3, -0.25) is 19.4 Å². The molecule has 6 rings (SSSR count). The molecule has 3 saturated heterocycles. The van der Waals surface area contributed by atoms with Crippen LogP contribution in [0.4, 0.5) is 4.79 Å². The maximum atomic E-state index is 13.2. The monoisotopic (exact) mass is 576 g/mol. The number of amides is 2. The van der Waals surface area contributed by atoms with Crippen LogP contribution in [0.2, 0.25) is 0 Å². The SMILES string of the molecule is N#Cc1ccc(CN2CCC3(CC2)CN(Cc2ccc(C(=O)N4CCC(C(=O)c5ccccc5)CC4)cc2)C(=O)O3)cc1. The van der Waals surface area contributed by atoms with Crippen LogP contribution in [-0.2, 0) is 17.8 Å². The van der Waals surface area contributed by atoms with Gasteiger partial charge in [0.15, 0.2) is 5.78 Å². The second-order valence-corrected chi connectivity index (χ2v) is 12.0. The van der Waals surface area contributed by atoms with Gasteiger partial charge in [-0.1, -0.05) is 54.6 Å². The molecule has 3 aromatic carbocycles. The fraction of sp³-hybridized carbons (Fsp3) is 0.371. The molecule has 8 heteroatoms. The van der Waals surface area contributed by atoms with Crippen LogP contribution in [-0.4, -0.2) is 70.8 Å². The largest absolute Gasteiger partial charge is 0.441 e. The summed E-state index contributed by atoms with van der Waals surface area (Å²) >= 11 is 0. The first-order valence-corrected chi connectivity index (χ1v) is 15.1. The molecule has 0 radical (unpaired) electrons. The fourth-order valence-electron chi connectivity index (χ4n) is 6.48. The molecule has 0 saturated carbocycles. The van der Waals surface area contributed by atoms with Crippen LogP contribution in [0, 0.1) is 17.2 Å². The predicted molar refractivity (Wildman–Crippen MR) is 161 cm³/mol. The highest BCUT2D eigenvalue weighted by Gasteiger charge is 2.46. The van der Waals surface area contributed by atoms with Gasteiger partial charge in [0.2, 0.25) is 0 Å². The van der Waals surface area contributed by atoms with Gasteiger partial charge in [0.05, 0.1) is 18.2 Å². The number of benzene rings is 3. The number of nitrogens with zero attached hydrogens (tertiary/aromatic N) is 4. The van der Waals surface area contributed by atoms with Crippen LogP contribution in [0.25, 0.3) is 0 Å². The van der Waals surface area contributed by atoms with Crippen molar-refractivity contribution in [3.05, 3.63) is 107 Å². The average Bonchev–Trinajstić information content (AvgIpc) is 3.36. The lowest BCUT2D eigenvalue weighted by Crippen LogP contribution is -2.46. The molecule has 0 aromatic heterocycles. The van der Waals surface area contributed by atoms with Gasteiger partial charge in [0.1, 0.15) is 5.60 Å². The Bertz CT molecular complexity index is 1500. The molecule has 1 spiro atoms. The molecule has 0 N–H and O–H groups in total. The lowest BCUT2D eigenvalue weighted by atomic mass is 9.88. The molecule has 2 amide bonds. The third kappa shape index (κ3) is 6.47. The minimum Gasteiger partial charge on any atom is -0.441 e. The summed E-state index contributed by atoms with van der Waals surface area (Å²) in [7, 11) is 0. The first-order chi connectivity index (χ1) is 20.9. The summed E-state index contributed by atoms with van der Waals surface area (Å²) in [6, 6.07) is 26.7. The maximum Gasteiger partial charge on any atom is 0.410 e. The Morgan fingerprint density at radius 3 is 2.09 bits per heavy atom. The molecule has 3 aliphatic rings. The highest BCUT2D eigenvalue weighted by Crippen LogP contribution is 2.34. The van der Waals surface area contributed by atoms with Crippen LogP contribution in [0.5, 0.6) is 0 Å². The lowest BCUT2D eigenvalue weighted by molar-refractivity contribution is -0.00126. The van der Waals surface area contributed by atoms with Gasteiger partial charge in [0.25, 0.3) is 5.91 Å². The Morgan fingerprint density at radius 1 is 0.814 bits per heavy atom. The van der Waals surface area contributed by atoms with Gasteiger partial charge in [0, 0.05) is 69.2 Å². The number of Topliss-reactive ketones (excluding diaryl/α,β-unsaturated/α-hetero) is 1. The molecule has 3 fully saturated rings. The summed E-state index contributed by atoms with van der Waals surface area (Å²) in [5.41, 5.74) is 3.68. The van der Waals surface area contributed by atoms with Crippen molar-refractivity contribution in [3.8, 4) is 6.07 Å². The Balaban J connectivity index is 0.978. The van der Waals surface area contributed by atoms with E-state index in [1.54, 1.807) is 4.90 Å². The van der Waals surface area contributed by atoms with Gasteiger partial charge in [-0.2, -0.15) is 5.26 Å². The number of hydrogen-bond acceptors (Lipinski definition) is 6. The lowest BCUT2D eigenvalue weighted by Gasteiger charge is -2.37. The zero-order chi connectivity index (χ0) is 29.8. The van der Waals surface area contributed by atoms with Gasteiger partial charge in [-0.15, -0.1) is 0 Å². The van der Waals surface area contributed by atoms with Gasteiger partial charge < -0.3 is 9.64 Å². The molecule has 3 aliphatic heterocycles. The topological polar surface area (TPSA) is 94.0 Å². The highest BCUT2D eigenvalue weighted by atomic mass is 16.6. The quantitative estimate of drug-likeness (QED) is 0.355. The van der Waals surface area contributed by atoms with Crippen molar-refractivity contribution in [1.29, 1.82) is 5.26 Å². The van der Waals surface area contributed by atoms with Crippen molar-refractivity contribution in [3.63, 3.8) is 0 Å². The van der Waals surface area contributed by atoms with Crippen molar-refractivity contribution in [2.45, 2.75) is 44.4 Å². The molecular formula is C35H36N4O4. The van der Waals surface area contributed by atoms with E-state index in [2.05, 4.69) is 11.0 Å². The first kappa shape index (κ1) is 28.6. The normalized spacial score (nSPS) is 18.8. The Morgan fingerprint density at radius 2 is 1.44 bits per heavy atom. The predicted octanol–water partition coefficient (Wildman–Crippen LogP) is 5.28. The number of likely N-dealkylation sites (tertiary alicyclic amines) is 2. The Labute approximate surface area is 252 Å². The van der Waals surface area contributed by atoms with E-state index in [0.717, 1.165) is 43.6 Å². The standard InChI is InChI=1S/C35H36N4O4/c36-22-26-6-8-27(9-7-26)23-37-20-16-35(17-21-37)25-39(34(42)43-35)24-28-10-12-31(13-11-28)33(41)38-18-14-30(15-19-38)32(40)29-4-2-1-3-5-29/h1-13,30H,14-21,23-25H2. The summed E-state index contributed by atoms with van der Waals surface area (Å²) in [6.07, 6.45) is 2.63. The zero-order valence-corrected chi connectivity index (χ0v) is 24.3. The van der Waals surface area contributed by atoms with E-state index in [9.17, 15) is 14.4 Å². The van der Waals surface area contributed by atoms with Crippen LogP contribution in [0.15, 0.2) is 78.9 Å². The number of piperidine rings is 2. The molecule has 220 valence electrons. The number of rotatable bonds is 7. The highest BCUT2D eigenvalue weighted by molar-refractivity contribution is 5.98. The molecule has 3 aromatic rings. The third-order valence-electron chi connectivity index (χ3n) is 9.08. The van der Waals surface area contributed by atoms with E-state index in [-0.39, 0.29) is 23.7 Å². The Hall–Kier alpha value is -4.48. The second kappa shape index (κ2) is 12.4. The summed E-state index contributed by atoms with van der Waals surface area (Å²) in [5.74, 6) is 0.0875. The van der Waals surface area contributed by atoms with E-state index in [1.807, 2.05) is 83.8 Å². The van der Waals surface area contributed by atoms with E-state index >= 15 is 0 Å². The number of hydrogen-bond donors (Lipinski definition) is 0. The smallest absolute Gasteiger partial charge is 0.410 e. The van der Waals surface area contributed by atoms with Crippen LogP contribution in [0.3, 0.4) is 0 Å². The molecule has 0 atom stereocenters. The molecule has 0 unspecified atom stereocenters. The molecule has 43 heavy (non-hydrogen) atoms. The molecule has 3 heterocycles. The number of carbonyl (C=O) groups excluding carboxylic acids is 3. The van der Waals surface area contributed by atoms with Crippen LogP contribution < -0.4 is 0 Å². The Kier molecular flexibility index (Phi) is 8.26. The van der Waals surface area contributed by atoms with Crippen molar-refractivity contribution < 1.29 is 19.1 Å². The zero-order valence-electron chi connectivity index (χ0n) is 24.3. The first-order valence-electron chi connectivity index (χ1n) is 15.1. The van der Waals surface area contributed by atoms with Crippen molar-refractivity contribution in [1.82, 2.24) is 14.7 Å². The van der Waals surface area contributed by atoms with Crippen LogP contribution in [0.1, 0.15) is 63.1 Å². The fourth-order valence-corrected chi connectivity index (χ4v) is 6.48. The minimum absolute atomic E-state index is 0.0236. The van der Waals surface area contributed by atoms with E-state index in [0.29, 0.717) is 50.1 Å². The van der Waals surface area contributed by atoms with E-state index in [1.165, 1.54) is 5.56 Å². The summed E-state index contributed by atoms with van der Waals surface area (Å²) < 4.78 is 5.94. The number of carbonyl (C=O) groups is 3. The van der Waals surface area contributed by atoms with Crippen molar-refractivity contribution >= 4 is 17.8 Å². The van der Waals surface area contributed by atoms with Gasteiger partial charge in [-0.25, -0.2) is 4.79 Å². The molecule has 0 bridgehead atoms. The number of ether oxygens (including phenoxy) is 1. The van der Waals surface area contributed by atoms with Gasteiger partial charge in [-0.05, 0) is 48.2 Å². The number of nitriles is 1. The third-order valence-corrected chi connectivity index (χ3v) is 9.08. The van der Waals surface area contributed by atoms with E-state index in [4.69, 9.17) is 10.00 Å². The minimum atomic E-state index is -0.456. The number of ketones is 1.